The minimum Gasteiger partial charge on any atom is -0.352 e. The molecule has 1 aliphatic rings. The highest BCUT2D eigenvalue weighted by Gasteiger charge is 2.23. The molecule has 5 nitrogen and oxygen atoms in total. The topological polar surface area (TPSA) is 66.5 Å². The highest BCUT2D eigenvalue weighted by Crippen LogP contribution is 2.27. The molecule has 162 valence electrons. The maximum Gasteiger partial charge on any atom is 0.264 e. The fourth-order valence-electron chi connectivity index (χ4n) is 4.11. The minimum absolute atomic E-state index is 0.157. The van der Waals surface area contributed by atoms with Gasteiger partial charge < -0.3 is 5.32 Å². The van der Waals surface area contributed by atoms with Gasteiger partial charge in [-0.3, -0.25) is 9.10 Å². The van der Waals surface area contributed by atoms with E-state index in [0.29, 0.717) is 23.7 Å². The van der Waals surface area contributed by atoms with Gasteiger partial charge >= 0.3 is 0 Å². The molecule has 0 spiro atoms. The molecule has 1 fully saturated rings. The molecule has 2 aromatic carbocycles. The second-order valence-corrected chi connectivity index (χ2v) is 10.2. The van der Waals surface area contributed by atoms with Crippen LogP contribution in [0, 0.1) is 12.8 Å². The van der Waals surface area contributed by atoms with Crippen molar-refractivity contribution in [3.8, 4) is 0 Å². The highest BCUT2D eigenvalue weighted by atomic mass is 32.2. The number of benzene rings is 2. The summed E-state index contributed by atoms with van der Waals surface area (Å²) < 4.78 is 27.2. The monoisotopic (exact) mass is 428 g/mol. The zero-order valence-corrected chi connectivity index (χ0v) is 18.7. The maximum absolute atomic E-state index is 13.0. The first-order valence-electron chi connectivity index (χ1n) is 10.8. The van der Waals surface area contributed by atoms with Crippen LogP contribution in [-0.4, -0.2) is 27.9 Å². The Morgan fingerprint density at radius 1 is 1.03 bits per heavy atom. The number of carbonyl (C=O) groups is 1. The molecule has 0 atom stereocenters. The van der Waals surface area contributed by atoms with Crippen LogP contribution in [0.25, 0.3) is 0 Å². The van der Waals surface area contributed by atoms with Crippen molar-refractivity contribution in [2.45, 2.75) is 56.8 Å². The highest BCUT2D eigenvalue weighted by molar-refractivity contribution is 7.92. The molecular weight excluding hydrogens is 396 g/mol. The first-order valence-corrected chi connectivity index (χ1v) is 12.3. The Morgan fingerprint density at radius 2 is 1.70 bits per heavy atom. The van der Waals surface area contributed by atoms with Crippen molar-refractivity contribution in [2.75, 3.05) is 17.9 Å². The number of carbonyl (C=O) groups excluding carboxylic acids is 1. The summed E-state index contributed by atoms with van der Waals surface area (Å²) in [5.41, 5.74) is 1.79. The second-order valence-electron chi connectivity index (χ2n) is 8.19. The third kappa shape index (κ3) is 5.42. The zero-order chi connectivity index (χ0) is 21.6. The van der Waals surface area contributed by atoms with Gasteiger partial charge in [0.2, 0.25) is 0 Å². The van der Waals surface area contributed by atoms with Crippen molar-refractivity contribution < 1.29 is 13.2 Å². The number of nitrogens with one attached hydrogen (secondary N) is 1. The standard InChI is InChI=1S/C24H32N2O3S/c1-19-14-15-21(24(27)25-17-16-20-10-6-3-4-7-11-20)18-23(19)26(2)30(28,29)22-12-8-5-9-13-22/h5,8-9,12-15,18,20H,3-4,6-7,10-11,16-17H2,1-2H3,(H,25,27). The molecule has 30 heavy (non-hydrogen) atoms. The summed E-state index contributed by atoms with van der Waals surface area (Å²) in [6, 6.07) is 13.5. The van der Waals surface area contributed by atoms with E-state index in [2.05, 4.69) is 5.32 Å². The predicted octanol–water partition coefficient (Wildman–Crippen LogP) is 4.91. The van der Waals surface area contributed by atoms with E-state index in [9.17, 15) is 13.2 Å². The van der Waals surface area contributed by atoms with Gasteiger partial charge in [-0.05, 0) is 49.1 Å². The first kappa shape index (κ1) is 22.3. The Labute approximate surface area is 180 Å². The van der Waals surface area contributed by atoms with Crippen molar-refractivity contribution in [1.29, 1.82) is 0 Å². The van der Waals surface area contributed by atoms with E-state index >= 15 is 0 Å². The number of aryl methyl sites for hydroxylation is 1. The molecule has 6 heteroatoms. The van der Waals surface area contributed by atoms with E-state index in [1.54, 1.807) is 48.5 Å². The number of anilines is 1. The minimum atomic E-state index is -3.69. The Balaban J connectivity index is 1.69. The van der Waals surface area contributed by atoms with Crippen molar-refractivity contribution >= 4 is 21.6 Å². The number of rotatable bonds is 7. The van der Waals surface area contributed by atoms with E-state index in [-0.39, 0.29) is 10.8 Å². The van der Waals surface area contributed by atoms with Crippen molar-refractivity contribution in [2.24, 2.45) is 5.92 Å². The summed E-state index contributed by atoms with van der Waals surface area (Å²) in [5, 5.41) is 3.02. The average Bonchev–Trinajstić information content (AvgIpc) is 3.03. The van der Waals surface area contributed by atoms with Gasteiger partial charge in [0, 0.05) is 19.2 Å². The molecule has 0 heterocycles. The largest absolute Gasteiger partial charge is 0.352 e. The van der Waals surface area contributed by atoms with Crippen LogP contribution >= 0.6 is 0 Å². The molecule has 0 saturated heterocycles. The molecule has 0 unspecified atom stereocenters. The zero-order valence-electron chi connectivity index (χ0n) is 17.9. The lowest BCUT2D eigenvalue weighted by atomic mass is 9.97. The molecule has 1 N–H and O–H groups in total. The van der Waals surface area contributed by atoms with Crippen LogP contribution in [0.15, 0.2) is 53.4 Å². The number of sulfonamides is 1. The van der Waals surface area contributed by atoms with Crippen LogP contribution < -0.4 is 9.62 Å². The number of amides is 1. The van der Waals surface area contributed by atoms with Gasteiger partial charge in [-0.15, -0.1) is 0 Å². The fourth-order valence-corrected chi connectivity index (χ4v) is 5.39. The van der Waals surface area contributed by atoms with Crippen LogP contribution in [0.4, 0.5) is 5.69 Å². The van der Waals surface area contributed by atoms with Crippen LogP contribution in [0.3, 0.4) is 0 Å². The number of nitrogens with zero attached hydrogens (tertiary/aromatic N) is 1. The second kappa shape index (κ2) is 10.1. The summed E-state index contributed by atoms with van der Waals surface area (Å²) in [7, 11) is -2.16. The SMILES string of the molecule is Cc1ccc(C(=O)NCCC2CCCCCC2)cc1N(C)S(=O)(=O)c1ccccc1. The Morgan fingerprint density at radius 3 is 2.37 bits per heavy atom. The van der Waals surface area contributed by atoms with Crippen molar-refractivity contribution in [3.63, 3.8) is 0 Å². The summed E-state index contributed by atoms with van der Waals surface area (Å²) in [6.07, 6.45) is 8.76. The lowest BCUT2D eigenvalue weighted by molar-refractivity contribution is 0.0951. The van der Waals surface area contributed by atoms with E-state index in [0.717, 1.165) is 12.0 Å². The molecule has 0 bridgehead atoms. The van der Waals surface area contributed by atoms with Gasteiger partial charge in [-0.2, -0.15) is 0 Å². The summed E-state index contributed by atoms with van der Waals surface area (Å²) >= 11 is 0. The van der Waals surface area contributed by atoms with Crippen molar-refractivity contribution in [3.05, 3.63) is 59.7 Å². The lowest BCUT2D eigenvalue weighted by Crippen LogP contribution is -2.29. The molecular formula is C24H32N2O3S. The van der Waals surface area contributed by atoms with E-state index in [4.69, 9.17) is 0 Å². The first-order chi connectivity index (χ1) is 14.4. The smallest absolute Gasteiger partial charge is 0.264 e. The molecule has 2 aromatic rings. The molecule has 3 rings (SSSR count). The molecule has 1 amide bonds. The van der Waals surface area contributed by atoms with Gasteiger partial charge in [0.05, 0.1) is 10.6 Å². The van der Waals surface area contributed by atoms with E-state index in [1.165, 1.54) is 49.9 Å². The Kier molecular flexibility index (Phi) is 7.53. The molecule has 0 aliphatic heterocycles. The lowest BCUT2D eigenvalue weighted by Gasteiger charge is -2.22. The number of hydrogen-bond acceptors (Lipinski definition) is 3. The third-order valence-electron chi connectivity index (χ3n) is 6.03. The van der Waals surface area contributed by atoms with Crippen LogP contribution in [0.2, 0.25) is 0 Å². The van der Waals surface area contributed by atoms with Gasteiger partial charge in [0.1, 0.15) is 0 Å². The molecule has 1 aliphatic carbocycles. The van der Waals surface area contributed by atoms with Gasteiger partial charge in [0.25, 0.3) is 15.9 Å². The summed E-state index contributed by atoms with van der Waals surface area (Å²) in [4.78, 5) is 12.9. The van der Waals surface area contributed by atoms with Gasteiger partial charge in [-0.25, -0.2) is 8.42 Å². The Bertz CT molecular complexity index is 950. The van der Waals surface area contributed by atoms with Crippen molar-refractivity contribution in [1.82, 2.24) is 5.32 Å². The fraction of sp³-hybridized carbons (Fsp3) is 0.458. The summed E-state index contributed by atoms with van der Waals surface area (Å²) in [6.45, 7) is 2.50. The van der Waals surface area contributed by atoms with Gasteiger partial charge in [0.15, 0.2) is 0 Å². The predicted molar refractivity (Wildman–Crippen MR) is 121 cm³/mol. The summed E-state index contributed by atoms with van der Waals surface area (Å²) in [5.74, 6) is 0.541. The molecule has 0 radical (unpaired) electrons. The normalized spacial score (nSPS) is 15.4. The van der Waals surface area contributed by atoms with E-state index < -0.39 is 10.0 Å². The quantitative estimate of drug-likeness (QED) is 0.637. The van der Waals surface area contributed by atoms with E-state index in [1.807, 2.05) is 6.92 Å². The third-order valence-corrected chi connectivity index (χ3v) is 7.81. The van der Waals surface area contributed by atoms with Crippen LogP contribution in [-0.2, 0) is 10.0 Å². The maximum atomic E-state index is 13.0. The van der Waals surface area contributed by atoms with Crippen LogP contribution in [0.1, 0.15) is 60.9 Å². The average molecular weight is 429 g/mol. The van der Waals surface area contributed by atoms with Gasteiger partial charge in [-0.1, -0.05) is 62.8 Å². The Hall–Kier alpha value is -2.34. The van der Waals surface area contributed by atoms with Crippen LogP contribution in [0.5, 0.6) is 0 Å². The molecule has 0 aromatic heterocycles. The molecule has 1 saturated carbocycles. The number of hydrogen-bond donors (Lipinski definition) is 1.